The Balaban J connectivity index is 1.87. The minimum Gasteiger partial charge on any atom is -0.495 e. The first-order valence-electron chi connectivity index (χ1n) is 7.55. The molecular weight excluding hydrogens is 360 g/mol. The second-order valence-electron chi connectivity index (χ2n) is 5.24. The molecule has 2 rings (SSSR count). The third-order valence-corrected chi connectivity index (χ3v) is 4.58. The molecule has 1 N–H and O–H groups in total. The van der Waals surface area contributed by atoms with E-state index in [0.29, 0.717) is 16.5 Å². The molecule has 25 heavy (non-hydrogen) atoms. The number of hydrogen-bond donors (Lipinski definition) is 1. The van der Waals surface area contributed by atoms with Gasteiger partial charge in [0.25, 0.3) is 0 Å². The van der Waals surface area contributed by atoms with Crippen molar-refractivity contribution in [2.75, 3.05) is 31.8 Å². The van der Waals surface area contributed by atoms with Crippen LogP contribution >= 0.6 is 23.4 Å². The fraction of sp³-hybridized carbons (Fsp3) is 0.222. The van der Waals surface area contributed by atoms with E-state index in [1.165, 1.54) is 23.8 Å². The number of nitrogens with zero attached hydrogens (tertiary/aromatic N) is 1. The quantitative estimate of drug-likeness (QED) is 0.749. The smallest absolute Gasteiger partial charge is 0.244 e. The van der Waals surface area contributed by atoms with Crippen molar-refractivity contribution < 1.29 is 14.3 Å². The van der Waals surface area contributed by atoms with Gasteiger partial charge in [-0.15, -0.1) is 11.8 Å². The maximum atomic E-state index is 12.2. The monoisotopic (exact) mass is 378 g/mol. The van der Waals surface area contributed by atoms with E-state index in [2.05, 4.69) is 5.32 Å². The van der Waals surface area contributed by atoms with Gasteiger partial charge in [0.15, 0.2) is 0 Å². The molecule has 2 amide bonds. The number of likely N-dealkylation sites (N-methyl/N-ethyl adjacent to an activating group) is 1. The Kier molecular flexibility index (Phi) is 7.16. The average Bonchev–Trinajstić information content (AvgIpc) is 2.60. The summed E-state index contributed by atoms with van der Waals surface area (Å²) in [4.78, 5) is 26.7. The van der Waals surface area contributed by atoms with Crippen molar-refractivity contribution in [3.63, 3.8) is 0 Å². The van der Waals surface area contributed by atoms with Crippen LogP contribution in [-0.2, 0) is 9.59 Å². The Morgan fingerprint density at radius 1 is 1.20 bits per heavy atom. The van der Waals surface area contributed by atoms with Gasteiger partial charge in [0.1, 0.15) is 5.75 Å². The van der Waals surface area contributed by atoms with Gasteiger partial charge in [-0.1, -0.05) is 29.8 Å². The lowest BCUT2D eigenvalue weighted by Gasteiger charge is -2.17. The third kappa shape index (κ3) is 5.99. The van der Waals surface area contributed by atoms with Gasteiger partial charge in [0, 0.05) is 17.0 Å². The maximum absolute atomic E-state index is 12.2. The lowest BCUT2D eigenvalue weighted by atomic mass is 10.3. The minimum absolute atomic E-state index is 0.0517. The molecule has 0 unspecified atom stereocenters. The fourth-order valence-electron chi connectivity index (χ4n) is 2.04. The Morgan fingerprint density at radius 3 is 2.60 bits per heavy atom. The maximum Gasteiger partial charge on any atom is 0.244 e. The number of halogens is 1. The van der Waals surface area contributed by atoms with Gasteiger partial charge in [-0.25, -0.2) is 0 Å². The van der Waals surface area contributed by atoms with Gasteiger partial charge in [-0.05, 0) is 30.3 Å². The van der Waals surface area contributed by atoms with Gasteiger partial charge >= 0.3 is 0 Å². The topological polar surface area (TPSA) is 58.6 Å². The molecule has 0 heterocycles. The molecule has 5 nitrogen and oxygen atoms in total. The SMILES string of the molecule is COc1ccc(Cl)cc1NC(=O)CN(C)C(=O)CSc1ccccc1. The van der Waals surface area contributed by atoms with Crippen molar-refractivity contribution in [1.82, 2.24) is 4.90 Å². The van der Waals surface area contributed by atoms with Crippen molar-refractivity contribution >= 4 is 40.9 Å². The molecule has 0 radical (unpaired) electrons. The number of amides is 2. The Morgan fingerprint density at radius 2 is 1.92 bits per heavy atom. The second-order valence-corrected chi connectivity index (χ2v) is 6.73. The molecule has 0 fully saturated rings. The number of anilines is 1. The van der Waals surface area contributed by atoms with Gasteiger partial charge < -0.3 is 15.0 Å². The normalized spacial score (nSPS) is 10.2. The van der Waals surface area contributed by atoms with E-state index < -0.39 is 0 Å². The highest BCUT2D eigenvalue weighted by Gasteiger charge is 2.15. The largest absolute Gasteiger partial charge is 0.495 e. The molecule has 0 saturated carbocycles. The minimum atomic E-state index is -0.318. The molecule has 0 aliphatic heterocycles. The van der Waals surface area contributed by atoms with E-state index in [1.807, 2.05) is 30.3 Å². The first kappa shape index (κ1) is 19.1. The van der Waals surface area contributed by atoms with Crippen molar-refractivity contribution in [1.29, 1.82) is 0 Å². The zero-order valence-corrected chi connectivity index (χ0v) is 15.6. The zero-order chi connectivity index (χ0) is 18.2. The van der Waals surface area contributed by atoms with Crippen molar-refractivity contribution in [2.45, 2.75) is 4.90 Å². The molecular formula is C18H19ClN2O3S. The first-order chi connectivity index (χ1) is 12.0. The molecule has 0 saturated heterocycles. The summed E-state index contributed by atoms with van der Waals surface area (Å²) in [6.07, 6.45) is 0. The number of carbonyl (C=O) groups is 2. The summed E-state index contributed by atoms with van der Waals surface area (Å²) in [5.41, 5.74) is 0.472. The van der Waals surface area contributed by atoms with Crippen LogP contribution in [0, 0.1) is 0 Å². The number of carbonyl (C=O) groups excluding carboxylic acids is 2. The summed E-state index contributed by atoms with van der Waals surface area (Å²) in [6.45, 7) is -0.0517. The number of methoxy groups -OCH3 is 1. The lowest BCUT2D eigenvalue weighted by Crippen LogP contribution is -2.36. The molecule has 0 aliphatic carbocycles. The van der Waals surface area contributed by atoms with Gasteiger partial charge in [-0.2, -0.15) is 0 Å². The van der Waals surface area contributed by atoms with Crippen LogP contribution in [0.2, 0.25) is 5.02 Å². The summed E-state index contributed by atoms with van der Waals surface area (Å²) in [5.74, 6) is 0.337. The molecule has 0 atom stereocenters. The molecule has 2 aromatic rings. The molecule has 0 aromatic heterocycles. The first-order valence-corrected chi connectivity index (χ1v) is 8.91. The van der Waals surface area contributed by atoms with E-state index in [-0.39, 0.29) is 24.1 Å². The number of nitrogens with one attached hydrogen (secondary N) is 1. The highest BCUT2D eigenvalue weighted by molar-refractivity contribution is 8.00. The number of benzene rings is 2. The summed E-state index contributed by atoms with van der Waals surface area (Å²) in [5, 5.41) is 3.20. The summed E-state index contributed by atoms with van der Waals surface area (Å²) >= 11 is 7.37. The van der Waals surface area contributed by atoms with Crippen molar-refractivity contribution in [3.8, 4) is 5.75 Å². The molecule has 132 valence electrons. The average molecular weight is 379 g/mol. The number of hydrogen-bond acceptors (Lipinski definition) is 4. The predicted octanol–water partition coefficient (Wildman–Crippen LogP) is 3.54. The van der Waals surface area contributed by atoms with E-state index in [0.717, 1.165) is 4.90 Å². The van der Waals surface area contributed by atoms with E-state index in [4.69, 9.17) is 16.3 Å². The third-order valence-electron chi connectivity index (χ3n) is 3.35. The standard InChI is InChI=1S/C18H19ClN2O3S/c1-21(18(23)12-25-14-6-4-3-5-7-14)11-17(22)20-15-10-13(19)8-9-16(15)24-2/h3-10H,11-12H2,1-2H3,(H,20,22). The van der Waals surface area contributed by atoms with Crippen LogP contribution in [0.4, 0.5) is 5.69 Å². The van der Waals surface area contributed by atoms with Gasteiger partial charge in [-0.3, -0.25) is 9.59 Å². The Labute approximate surface area is 156 Å². The Hall–Kier alpha value is -2.18. The fourth-order valence-corrected chi connectivity index (χ4v) is 3.08. The number of rotatable bonds is 7. The molecule has 0 spiro atoms. The van der Waals surface area contributed by atoms with Crippen LogP contribution < -0.4 is 10.1 Å². The number of thioether (sulfide) groups is 1. The van der Waals surface area contributed by atoms with Crippen molar-refractivity contribution in [2.24, 2.45) is 0 Å². The molecule has 2 aromatic carbocycles. The van der Waals surface area contributed by atoms with Gasteiger partial charge in [0.05, 0.1) is 25.1 Å². The molecule has 0 aliphatic rings. The van der Waals surface area contributed by atoms with E-state index >= 15 is 0 Å². The van der Waals surface area contributed by atoms with Crippen LogP contribution in [0.1, 0.15) is 0 Å². The molecule has 7 heteroatoms. The van der Waals surface area contributed by atoms with Crippen LogP contribution in [0.15, 0.2) is 53.4 Å². The van der Waals surface area contributed by atoms with Crippen LogP contribution in [0.3, 0.4) is 0 Å². The lowest BCUT2D eigenvalue weighted by molar-refractivity contribution is -0.131. The highest BCUT2D eigenvalue weighted by Crippen LogP contribution is 2.27. The van der Waals surface area contributed by atoms with Gasteiger partial charge in [0.2, 0.25) is 11.8 Å². The van der Waals surface area contributed by atoms with Crippen molar-refractivity contribution in [3.05, 3.63) is 53.6 Å². The van der Waals surface area contributed by atoms with Crippen LogP contribution in [-0.4, -0.2) is 43.2 Å². The second kappa shape index (κ2) is 9.34. The Bertz CT molecular complexity index is 740. The predicted molar refractivity (Wildman–Crippen MR) is 101 cm³/mol. The summed E-state index contributed by atoms with van der Waals surface area (Å²) in [7, 11) is 3.11. The zero-order valence-electron chi connectivity index (χ0n) is 14.0. The van der Waals surface area contributed by atoms with Crippen LogP contribution in [0.25, 0.3) is 0 Å². The highest BCUT2D eigenvalue weighted by atomic mass is 35.5. The molecule has 0 bridgehead atoms. The number of ether oxygens (including phenoxy) is 1. The van der Waals surface area contributed by atoms with Crippen LogP contribution in [0.5, 0.6) is 5.75 Å². The van der Waals surface area contributed by atoms with E-state index in [1.54, 1.807) is 25.2 Å². The summed E-state index contributed by atoms with van der Waals surface area (Å²) in [6, 6.07) is 14.6. The summed E-state index contributed by atoms with van der Waals surface area (Å²) < 4.78 is 5.18. The van der Waals surface area contributed by atoms with E-state index in [9.17, 15) is 9.59 Å².